The molecule has 0 N–H and O–H groups in total. The molecule has 2 rings (SSSR count). The Morgan fingerprint density at radius 3 is 2.37 bits per heavy atom. The van der Waals surface area contributed by atoms with E-state index in [9.17, 15) is 4.79 Å². The highest BCUT2D eigenvalue weighted by atomic mass is 16.5. The Bertz CT molecular complexity index is 577. The molecule has 0 amide bonds. The fraction of sp³-hybridized carbons (Fsp3) is 0.250. The van der Waals surface area contributed by atoms with Crippen molar-refractivity contribution in [2.24, 2.45) is 4.99 Å². The number of carbonyl (C=O) groups is 1. The van der Waals surface area contributed by atoms with Crippen molar-refractivity contribution in [2.75, 3.05) is 6.61 Å². The molecule has 0 unspecified atom stereocenters. The molecule has 0 heterocycles. The van der Waals surface area contributed by atoms with Crippen LogP contribution < -0.4 is 4.74 Å². The van der Waals surface area contributed by atoms with E-state index in [0.29, 0.717) is 6.61 Å². The number of carbonyl (C=O) groups excluding carboxylic acids is 1. The van der Waals surface area contributed by atoms with Gasteiger partial charge >= 0.3 is 0 Å². The number of rotatable bonds is 3. The van der Waals surface area contributed by atoms with Crippen molar-refractivity contribution in [1.29, 1.82) is 0 Å². The molecule has 1 aromatic carbocycles. The molecule has 98 valence electrons. The molecule has 0 aliphatic heterocycles. The number of benzene rings is 1. The van der Waals surface area contributed by atoms with Crippen LogP contribution in [-0.4, -0.2) is 18.1 Å². The summed E-state index contributed by atoms with van der Waals surface area (Å²) in [4.78, 5) is 16.1. The molecule has 0 saturated carbocycles. The third kappa shape index (κ3) is 2.99. The molecular formula is C16H17NO2. The van der Waals surface area contributed by atoms with Crippen LogP contribution in [0.15, 0.2) is 52.6 Å². The summed E-state index contributed by atoms with van der Waals surface area (Å²) in [6, 6.07) is 7.61. The minimum absolute atomic E-state index is 0.0585. The van der Waals surface area contributed by atoms with Crippen molar-refractivity contribution in [3.8, 4) is 5.75 Å². The van der Waals surface area contributed by atoms with Crippen molar-refractivity contribution in [2.45, 2.75) is 20.8 Å². The van der Waals surface area contributed by atoms with Crippen LogP contribution in [0, 0.1) is 0 Å². The summed E-state index contributed by atoms with van der Waals surface area (Å²) in [6.07, 6.45) is 3.33. The molecule has 3 nitrogen and oxygen atoms in total. The Hall–Kier alpha value is -2.16. The lowest BCUT2D eigenvalue weighted by molar-refractivity contribution is -0.111. The van der Waals surface area contributed by atoms with Crippen molar-refractivity contribution in [3.63, 3.8) is 0 Å². The molecule has 0 bridgehead atoms. The minimum Gasteiger partial charge on any atom is -0.494 e. The molecular weight excluding hydrogens is 238 g/mol. The fourth-order valence-electron chi connectivity index (χ4n) is 1.83. The van der Waals surface area contributed by atoms with Gasteiger partial charge in [0.1, 0.15) is 5.75 Å². The number of hydrogen-bond donors (Lipinski definition) is 0. The van der Waals surface area contributed by atoms with E-state index < -0.39 is 0 Å². The van der Waals surface area contributed by atoms with E-state index in [1.165, 1.54) is 0 Å². The van der Waals surface area contributed by atoms with Gasteiger partial charge in [-0.3, -0.25) is 4.79 Å². The molecule has 0 aromatic heterocycles. The van der Waals surface area contributed by atoms with Gasteiger partial charge in [0.15, 0.2) is 5.78 Å². The van der Waals surface area contributed by atoms with Crippen molar-refractivity contribution < 1.29 is 9.53 Å². The topological polar surface area (TPSA) is 38.7 Å². The molecule has 1 aliphatic rings. The number of ketones is 1. The van der Waals surface area contributed by atoms with Gasteiger partial charge < -0.3 is 4.74 Å². The maximum Gasteiger partial charge on any atom is 0.181 e. The smallest absolute Gasteiger partial charge is 0.181 e. The first kappa shape index (κ1) is 13.3. The maximum atomic E-state index is 11.5. The molecule has 1 aliphatic carbocycles. The van der Waals surface area contributed by atoms with Crippen molar-refractivity contribution in [1.82, 2.24) is 0 Å². The summed E-state index contributed by atoms with van der Waals surface area (Å²) in [5.74, 6) is 0.896. The Balaban J connectivity index is 2.26. The normalized spacial score (nSPS) is 17.2. The monoisotopic (exact) mass is 255 g/mol. The van der Waals surface area contributed by atoms with Gasteiger partial charge in [-0.1, -0.05) is 0 Å². The predicted molar refractivity (Wildman–Crippen MR) is 77.2 cm³/mol. The van der Waals surface area contributed by atoms with Crippen LogP contribution >= 0.6 is 0 Å². The first-order valence-corrected chi connectivity index (χ1v) is 6.33. The SMILES string of the molecule is CCOc1ccc(N=C2C=CC(=O)C(C)=C2C)cc1. The standard InChI is InChI=1S/C16H17NO2/c1-4-19-14-7-5-13(6-8-14)17-15-9-10-16(18)12(3)11(15)2/h5-10H,4H2,1-3H3. The Morgan fingerprint density at radius 2 is 1.74 bits per heavy atom. The van der Waals surface area contributed by atoms with Gasteiger partial charge in [0.2, 0.25) is 0 Å². The zero-order chi connectivity index (χ0) is 13.8. The predicted octanol–water partition coefficient (Wildman–Crippen LogP) is 3.63. The van der Waals surface area contributed by atoms with Gasteiger partial charge in [0.05, 0.1) is 18.0 Å². The summed E-state index contributed by atoms with van der Waals surface area (Å²) in [5, 5.41) is 0. The Morgan fingerprint density at radius 1 is 1.05 bits per heavy atom. The number of aliphatic imine (C=N–C) groups is 1. The Labute approximate surface area is 113 Å². The maximum absolute atomic E-state index is 11.5. The van der Waals surface area contributed by atoms with Crippen LogP contribution in [0.5, 0.6) is 5.75 Å². The fourth-order valence-corrected chi connectivity index (χ4v) is 1.83. The molecule has 19 heavy (non-hydrogen) atoms. The van der Waals surface area contributed by atoms with E-state index in [-0.39, 0.29) is 5.78 Å². The molecule has 3 heteroatoms. The molecule has 0 saturated heterocycles. The quantitative estimate of drug-likeness (QED) is 0.773. The van der Waals surface area contributed by atoms with Gasteiger partial charge in [0, 0.05) is 5.57 Å². The largest absolute Gasteiger partial charge is 0.494 e. The minimum atomic E-state index is 0.0585. The highest BCUT2D eigenvalue weighted by molar-refractivity contribution is 6.22. The van der Waals surface area contributed by atoms with Crippen LogP contribution in [-0.2, 0) is 4.79 Å². The summed E-state index contributed by atoms with van der Waals surface area (Å²) in [6.45, 7) is 6.35. The second-order valence-corrected chi connectivity index (χ2v) is 4.37. The summed E-state index contributed by atoms with van der Waals surface area (Å²) in [5.41, 5.74) is 3.37. The van der Waals surface area contributed by atoms with Crippen LogP contribution in [0.25, 0.3) is 0 Å². The third-order valence-corrected chi connectivity index (χ3v) is 3.11. The zero-order valence-corrected chi connectivity index (χ0v) is 11.4. The van der Waals surface area contributed by atoms with E-state index >= 15 is 0 Å². The van der Waals surface area contributed by atoms with E-state index in [4.69, 9.17) is 4.74 Å². The number of hydrogen-bond acceptors (Lipinski definition) is 3. The van der Waals surface area contributed by atoms with E-state index in [2.05, 4.69) is 4.99 Å². The van der Waals surface area contributed by atoms with Gasteiger partial charge in [-0.25, -0.2) is 4.99 Å². The summed E-state index contributed by atoms with van der Waals surface area (Å²) in [7, 11) is 0. The van der Waals surface area contributed by atoms with E-state index in [1.54, 1.807) is 12.2 Å². The first-order chi connectivity index (χ1) is 9.11. The highest BCUT2D eigenvalue weighted by Crippen LogP contribution is 2.21. The van der Waals surface area contributed by atoms with Gasteiger partial charge in [-0.05, 0) is 62.8 Å². The van der Waals surface area contributed by atoms with Crippen LogP contribution in [0.2, 0.25) is 0 Å². The number of nitrogens with zero attached hydrogens (tertiary/aromatic N) is 1. The number of ether oxygens (including phenoxy) is 1. The average Bonchev–Trinajstić information content (AvgIpc) is 2.42. The van der Waals surface area contributed by atoms with Gasteiger partial charge in [0.25, 0.3) is 0 Å². The summed E-state index contributed by atoms with van der Waals surface area (Å²) < 4.78 is 5.39. The lowest BCUT2D eigenvalue weighted by Gasteiger charge is -2.10. The van der Waals surface area contributed by atoms with Gasteiger partial charge in [-0.2, -0.15) is 0 Å². The first-order valence-electron chi connectivity index (χ1n) is 6.33. The van der Waals surface area contributed by atoms with Crippen LogP contribution in [0.3, 0.4) is 0 Å². The second-order valence-electron chi connectivity index (χ2n) is 4.37. The van der Waals surface area contributed by atoms with Crippen molar-refractivity contribution in [3.05, 3.63) is 47.6 Å². The molecule has 0 spiro atoms. The average molecular weight is 255 g/mol. The number of allylic oxidation sites excluding steroid dienone is 4. The zero-order valence-electron chi connectivity index (χ0n) is 11.4. The third-order valence-electron chi connectivity index (χ3n) is 3.11. The van der Waals surface area contributed by atoms with Gasteiger partial charge in [-0.15, -0.1) is 0 Å². The van der Waals surface area contributed by atoms with Crippen molar-refractivity contribution >= 4 is 17.2 Å². The van der Waals surface area contributed by atoms with E-state index in [1.807, 2.05) is 45.0 Å². The molecule has 0 atom stereocenters. The lowest BCUT2D eigenvalue weighted by atomic mass is 9.97. The highest BCUT2D eigenvalue weighted by Gasteiger charge is 2.13. The second kappa shape index (κ2) is 5.65. The summed E-state index contributed by atoms with van der Waals surface area (Å²) >= 11 is 0. The van der Waals surface area contributed by atoms with E-state index in [0.717, 1.165) is 28.3 Å². The van der Waals surface area contributed by atoms with Crippen LogP contribution in [0.1, 0.15) is 20.8 Å². The Kier molecular flexibility index (Phi) is 3.95. The molecule has 1 aromatic rings. The lowest BCUT2D eigenvalue weighted by Crippen LogP contribution is -2.10. The van der Waals surface area contributed by atoms with Crippen LogP contribution in [0.4, 0.5) is 5.69 Å². The molecule has 0 fully saturated rings. The molecule has 0 radical (unpaired) electrons.